The molecule has 1 aromatic carbocycles. The number of ether oxygens (including phenoxy) is 4. The highest BCUT2D eigenvalue weighted by molar-refractivity contribution is 5.95. The summed E-state index contributed by atoms with van der Waals surface area (Å²) in [6.07, 6.45) is 22.0. The van der Waals surface area contributed by atoms with E-state index in [1.807, 2.05) is 24.5 Å². The van der Waals surface area contributed by atoms with Gasteiger partial charge in [-0.1, -0.05) is 6.42 Å². The number of pyridine rings is 4. The molecule has 0 saturated carbocycles. The number of aryl methyl sites for hydroxylation is 2. The Labute approximate surface area is 391 Å². The van der Waals surface area contributed by atoms with Crippen molar-refractivity contribution in [2.45, 2.75) is 121 Å². The van der Waals surface area contributed by atoms with Crippen LogP contribution in [0.3, 0.4) is 0 Å². The zero-order valence-corrected chi connectivity index (χ0v) is 39.6. The van der Waals surface area contributed by atoms with E-state index in [1.54, 1.807) is 14.2 Å². The van der Waals surface area contributed by atoms with Crippen LogP contribution in [0.4, 0.5) is 17.1 Å². The van der Waals surface area contributed by atoms with Gasteiger partial charge in [0.15, 0.2) is 5.75 Å². The van der Waals surface area contributed by atoms with E-state index in [2.05, 4.69) is 48.5 Å². The minimum absolute atomic E-state index is 0.403. The molecule has 352 valence electrons. The highest BCUT2D eigenvalue weighted by atomic mass is 16.5. The number of anilines is 3. The summed E-state index contributed by atoms with van der Waals surface area (Å²) >= 11 is 0. The maximum Gasteiger partial charge on any atom is 0.257 e. The van der Waals surface area contributed by atoms with Crippen LogP contribution in [0, 0.1) is 0 Å². The van der Waals surface area contributed by atoms with Gasteiger partial charge in [0.2, 0.25) is 0 Å². The van der Waals surface area contributed by atoms with E-state index in [0.717, 1.165) is 136 Å². The van der Waals surface area contributed by atoms with E-state index in [1.165, 1.54) is 91.9 Å². The molecule has 0 amide bonds. The van der Waals surface area contributed by atoms with E-state index in [9.17, 15) is 0 Å². The van der Waals surface area contributed by atoms with Crippen LogP contribution in [-0.4, -0.2) is 122 Å². The molecule has 1 unspecified atom stereocenters. The normalized spacial score (nSPS) is 19.3. The first-order valence-corrected chi connectivity index (χ1v) is 25.4. The third-order valence-electron chi connectivity index (χ3n) is 15.0. The van der Waals surface area contributed by atoms with Gasteiger partial charge < -0.3 is 39.4 Å². The molecule has 13 nitrogen and oxygen atoms in total. The first kappa shape index (κ1) is 44.8. The second-order valence-corrected chi connectivity index (χ2v) is 19.3. The van der Waals surface area contributed by atoms with Crippen molar-refractivity contribution in [3.63, 3.8) is 0 Å². The van der Waals surface area contributed by atoms with E-state index < -0.39 is 0 Å². The molecule has 3 fully saturated rings. The number of benzene rings is 1. The molecule has 10 rings (SSSR count). The van der Waals surface area contributed by atoms with Crippen molar-refractivity contribution in [2.75, 3.05) is 95.3 Å². The van der Waals surface area contributed by atoms with Gasteiger partial charge >= 0.3 is 0 Å². The number of nitrogens with one attached hydrogen (secondary N) is 2. The van der Waals surface area contributed by atoms with Crippen LogP contribution in [0.1, 0.15) is 105 Å². The Morgan fingerprint density at radius 1 is 0.727 bits per heavy atom. The summed E-state index contributed by atoms with van der Waals surface area (Å²) in [5, 5.41) is 9.11. The van der Waals surface area contributed by atoms with Crippen LogP contribution in [0.25, 0.3) is 21.9 Å². The highest BCUT2D eigenvalue weighted by Crippen LogP contribution is 2.40. The van der Waals surface area contributed by atoms with Crippen molar-refractivity contribution in [3.8, 4) is 17.4 Å². The minimum atomic E-state index is 0.403. The first-order chi connectivity index (χ1) is 32.6. The van der Waals surface area contributed by atoms with Crippen molar-refractivity contribution in [3.05, 3.63) is 70.8 Å². The summed E-state index contributed by atoms with van der Waals surface area (Å²) < 4.78 is 24.6. The number of nitrogens with zero attached hydrogens (tertiary/aromatic N) is 7. The Kier molecular flexibility index (Phi) is 14.5. The summed E-state index contributed by atoms with van der Waals surface area (Å²) in [4.78, 5) is 27.4. The summed E-state index contributed by atoms with van der Waals surface area (Å²) in [6, 6.07) is 11.6. The van der Waals surface area contributed by atoms with Gasteiger partial charge in [-0.05, 0) is 151 Å². The number of hydrogen-bond donors (Lipinski definition) is 2. The third-order valence-corrected chi connectivity index (χ3v) is 15.0. The van der Waals surface area contributed by atoms with Crippen molar-refractivity contribution in [2.24, 2.45) is 0 Å². The van der Waals surface area contributed by atoms with Crippen molar-refractivity contribution >= 4 is 39.0 Å². The number of rotatable bonds is 19. The number of fused-ring (bicyclic) bond motifs is 4. The Morgan fingerprint density at radius 3 is 2.38 bits per heavy atom. The Bertz CT molecular complexity index is 2420. The number of hydrogen-bond acceptors (Lipinski definition) is 13. The largest absolute Gasteiger partial charge is 0.496 e. The molecule has 0 radical (unpaired) electrons. The van der Waals surface area contributed by atoms with Crippen LogP contribution in [-0.2, 0) is 37.0 Å². The fourth-order valence-corrected chi connectivity index (χ4v) is 11.5. The smallest absolute Gasteiger partial charge is 0.257 e. The Morgan fingerprint density at radius 2 is 1.55 bits per heavy atom. The molecule has 13 heteroatoms. The predicted molar refractivity (Wildman–Crippen MR) is 264 cm³/mol. The van der Waals surface area contributed by atoms with Crippen LogP contribution >= 0.6 is 0 Å². The second-order valence-electron chi connectivity index (χ2n) is 19.3. The fourth-order valence-electron chi connectivity index (χ4n) is 11.5. The van der Waals surface area contributed by atoms with Crippen LogP contribution in [0.5, 0.6) is 17.4 Å². The molecule has 1 atom stereocenters. The molecule has 0 bridgehead atoms. The molecule has 5 aromatic rings. The van der Waals surface area contributed by atoms with E-state index in [0.29, 0.717) is 43.5 Å². The van der Waals surface area contributed by atoms with Gasteiger partial charge in [0.25, 0.3) is 5.88 Å². The molecule has 7 heterocycles. The van der Waals surface area contributed by atoms with Gasteiger partial charge in [-0.25, -0.2) is 4.98 Å². The number of methoxy groups -OCH3 is 2. The van der Waals surface area contributed by atoms with Gasteiger partial charge in [-0.15, -0.1) is 0 Å². The molecule has 0 spiro atoms. The van der Waals surface area contributed by atoms with Gasteiger partial charge in [0.05, 0.1) is 62.6 Å². The maximum absolute atomic E-state index is 6.48. The lowest BCUT2D eigenvalue weighted by molar-refractivity contribution is 0.0868. The molecule has 4 aromatic heterocycles. The van der Waals surface area contributed by atoms with Crippen LogP contribution < -0.4 is 29.7 Å². The molecule has 2 aliphatic carbocycles. The van der Waals surface area contributed by atoms with Crippen molar-refractivity contribution in [1.82, 2.24) is 29.7 Å². The molecule has 3 saturated heterocycles. The molecule has 66 heavy (non-hydrogen) atoms. The lowest BCUT2D eigenvalue weighted by Crippen LogP contribution is -2.39. The first-order valence-electron chi connectivity index (χ1n) is 25.4. The topological polar surface area (TPSA) is 122 Å². The lowest BCUT2D eigenvalue weighted by atomic mass is 9.97. The fraction of sp³-hybridized carbons (Fsp3) is 0.585. The molecule has 5 aliphatic rings. The van der Waals surface area contributed by atoms with E-state index in [4.69, 9.17) is 33.9 Å². The Hall–Kier alpha value is -4.98. The van der Waals surface area contributed by atoms with Crippen molar-refractivity contribution < 1.29 is 18.9 Å². The minimum Gasteiger partial charge on any atom is -0.496 e. The number of piperidine rings is 1. The third kappa shape index (κ3) is 10.1. The van der Waals surface area contributed by atoms with Crippen molar-refractivity contribution in [1.29, 1.82) is 0 Å². The van der Waals surface area contributed by atoms with E-state index >= 15 is 0 Å². The Balaban J connectivity index is 0.760. The summed E-state index contributed by atoms with van der Waals surface area (Å²) in [5.41, 5.74) is 12.6. The number of likely N-dealkylation sites (tertiary alicyclic amines) is 2. The monoisotopic (exact) mass is 898 g/mol. The zero-order valence-electron chi connectivity index (χ0n) is 39.6. The maximum atomic E-state index is 6.48. The van der Waals surface area contributed by atoms with E-state index in [-0.39, 0.29) is 0 Å². The zero-order chi connectivity index (χ0) is 44.7. The predicted octanol–water partition coefficient (Wildman–Crippen LogP) is 8.78. The van der Waals surface area contributed by atoms with Gasteiger partial charge in [0, 0.05) is 85.1 Å². The molecule has 3 aliphatic heterocycles. The highest BCUT2D eigenvalue weighted by Gasteiger charge is 2.28. The van der Waals surface area contributed by atoms with Crippen LogP contribution in [0.15, 0.2) is 42.7 Å². The summed E-state index contributed by atoms with van der Waals surface area (Å²) in [7, 11) is 3.47. The SMILES string of the molecule is COc1cc2c(NC3CCN(c4cccnc4)CC3)c3c(nc2cc1COCCN1CCCC1CCNc1c2c(nc4cc(OCCCN5CCCC5)c(OC)nc14)CCC2)CCCCC3. The standard InChI is InChI=1S/C53H71N9O4/c1-63-48-33-43-46(57-44-16-5-3-4-14-41(44)50(43)56-38-19-27-62(28-20-38)40-12-9-21-54-35-40)32-37(48)36-65-31-29-61-26-10-13-39(61)18-22-55-51-42-15-8-17-45(42)58-47-34-49(53(64-2)59-52(47)51)66-30-11-25-60-23-6-7-24-60/h9,12,21,32-35,38-39H,3-8,10-11,13-20,22-31,36H2,1-2H3,(H,55,58)(H,56,57). The average molecular weight is 898 g/mol. The second kappa shape index (κ2) is 21.3. The van der Waals surface area contributed by atoms with Gasteiger partial charge in [-0.2, -0.15) is 0 Å². The lowest BCUT2D eigenvalue weighted by Gasteiger charge is -2.35. The average Bonchev–Trinajstić information content (AvgIpc) is 4.12. The van der Waals surface area contributed by atoms with Crippen LogP contribution in [0.2, 0.25) is 0 Å². The van der Waals surface area contributed by atoms with Gasteiger partial charge in [-0.3, -0.25) is 19.9 Å². The molecular formula is C53H71N9O4. The quantitative estimate of drug-likeness (QED) is 0.0608. The summed E-state index contributed by atoms with van der Waals surface area (Å²) in [5.74, 6) is 2.09. The molecule has 2 N–H and O–H groups in total. The number of aromatic nitrogens is 4. The molecular weight excluding hydrogens is 827 g/mol. The summed E-state index contributed by atoms with van der Waals surface area (Å²) in [6.45, 7) is 10.2. The van der Waals surface area contributed by atoms with Gasteiger partial charge in [0.1, 0.15) is 11.3 Å².